The summed E-state index contributed by atoms with van der Waals surface area (Å²) in [6.07, 6.45) is 6.15. The monoisotopic (exact) mass is 491 g/mol. The van der Waals surface area contributed by atoms with Gasteiger partial charge in [0.1, 0.15) is 11.3 Å². The summed E-state index contributed by atoms with van der Waals surface area (Å²) in [6, 6.07) is 7.47. The first-order chi connectivity index (χ1) is 17.5. The molecule has 0 amide bonds. The first kappa shape index (κ1) is 24.4. The molecule has 1 unspecified atom stereocenters. The minimum absolute atomic E-state index is 0.147. The predicted molar refractivity (Wildman–Crippen MR) is 136 cm³/mol. The third-order valence-corrected chi connectivity index (χ3v) is 7.25. The standard InChI is InChI=1S/C27H33N5O4/c1-30-11-4-5-19(16-30)18-36-23-15-24(33)32-14-13-31(12-8-22(32)25(23)27(34)35-2)17-20-6-3-7-21-26(20)29-10-9-28-21/h3,6-7,9-10,15,19H,4-5,8,11-14,16-18H2,1-2H3. The van der Waals surface area contributed by atoms with Crippen molar-refractivity contribution in [3.63, 3.8) is 0 Å². The number of carbonyl (C=O) groups excluding carboxylic acids is 1. The largest absolute Gasteiger partial charge is 0.492 e. The van der Waals surface area contributed by atoms with E-state index >= 15 is 0 Å². The van der Waals surface area contributed by atoms with Gasteiger partial charge in [0.15, 0.2) is 0 Å². The molecule has 190 valence electrons. The Labute approximate surface area is 210 Å². The summed E-state index contributed by atoms with van der Waals surface area (Å²) in [4.78, 5) is 39.5. The number of aromatic nitrogens is 3. The molecule has 0 spiro atoms. The second kappa shape index (κ2) is 10.8. The van der Waals surface area contributed by atoms with E-state index in [1.54, 1.807) is 17.0 Å². The highest BCUT2D eigenvalue weighted by atomic mass is 16.5. The van der Waals surface area contributed by atoms with E-state index in [1.807, 2.05) is 12.1 Å². The Morgan fingerprint density at radius 3 is 2.83 bits per heavy atom. The molecular formula is C27H33N5O4. The van der Waals surface area contributed by atoms with Crippen LogP contribution in [0.4, 0.5) is 0 Å². The molecular weight excluding hydrogens is 458 g/mol. The van der Waals surface area contributed by atoms with Crippen LogP contribution in [0, 0.1) is 5.92 Å². The first-order valence-electron chi connectivity index (χ1n) is 12.6. The number of carbonyl (C=O) groups is 1. The molecule has 1 fully saturated rings. The number of likely N-dealkylation sites (tertiary alicyclic amines) is 1. The number of ether oxygens (including phenoxy) is 2. The fourth-order valence-corrected chi connectivity index (χ4v) is 5.43. The summed E-state index contributed by atoms with van der Waals surface area (Å²) in [5.41, 5.74) is 3.76. The lowest BCUT2D eigenvalue weighted by Crippen LogP contribution is -2.35. The van der Waals surface area contributed by atoms with Crippen LogP contribution in [0.5, 0.6) is 5.75 Å². The first-order valence-corrected chi connectivity index (χ1v) is 12.6. The molecule has 3 aromatic rings. The highest BCUT2D eigenvalue weighted by Gasteiger charge is 2.27. The second-order valence-electron chi connectivity index (χ2n) is 9.76. The van der Waals surface area contributed by atoms with Gasteiger partial charge in [0, 0.05) is 69.2 Å². The van der Waals surface area contributed by atoms with Crippen molar-refractivity contribution in [3.05, 3.63) is 63.8 Å². The SMILES string of the molecule is COC(=O)c1c(OCC2CCCN(C)C2)cc(=O)n2c1CCN(Cc1cccc3nccnc13)CC2. The van der Waals surface area contributed by atoms with E-state index in [9.17, 15) is 9.59 Å². The zero-order chi connectivity index (χ0) is 25.1. The highest BCUT2D eigenvalue weighted by molar-refractivity contribution is 5.93. The molecule has 36 heavy (non-hydrogen) atoms. The van der Waals surface area contributed by atoms with Crippen molar-refractivity contribution < 1.29 is 14.3 Å². The average Bonchev–Trinajstić information content (AvgIpc) is 3.10. The number of hydrogen-bond donors (Lipinski definition) is 0. The molecule has 5 rings (SSSR count). The second-order valence-corrected chi connectivity index (χ2v) is 9.76. The van der Waals surface area contributed by atoms with Gasteiger partial charge >= 0.3 is 5.97 Å². The quantitative estimate of drug-likeness (QED) is 0.486. The van der Waals surface area contributed by atoms with Crippen LogP contribution in [0.25, 0.3) is 11.0 Å². The minimum Gasteiger partial charge on any atom is -0.492 e. The van der Waals surface area contributed by atoms with Crippen LogP contribution in [-0.4, -0.2) is 77.2 Å². The number of para-hydroxylation sites is 1. The van der Waals surface area contributed by atoms with Gasteiger partial charge in [0.05, 0.1) is 24.8 Å². The van der Waals surface area contributed by atoms with Gasteiger partial charge in [-0.1, -0.05) is 12.1 Å². The summed E-state index contributed by atoms with van der Waals surface area (Å²) >= 11 is 0. The van der Waals surface area contributed by atoms with Gasteiger partial charge in [-0.25, -0.2) is 4.79 Å². The van der Waals surface area contributed by atoms with Crippen molar-refractivity contribution in [2.45, 2.75) is 32.4 Å². The number of nitrogens with zero attached hydrogens (tertiary/aromatic N) is 5. The summed E-state index contributed by atoms with van der Waals surface area (Å²) in [5.74, 6) is 0.242. The van der Waals surface area contributed by atoms with Crippen LogP contribution in [0.2, 0.25) is 0 Å². The highest BCUT2D eigenvalue weighted by Crippen LogP contribution is 2.26. The van der Waals surface area contributed by atoms with E-state index in [1.165, 1.54) is 13.2 Å². The minimum atomic E-state index is -0.465. The van der Waals surface area contributed by atoms with Crippen molar-refractivity contribution in [2.75, 3.05) is 46.9 Å². The zero-order valence-corrected chi connectivity index (χ0v) is 21.0. The van der Waals surface area contributed by atoms with E-state index < -0.39 is 5.97 Å². The molecule has 9 heteroatoms. The molecule has 2 aliphatic heterocycles. The molecule has 1 aromatic carbocycles. The Balaban J connectivity index is 1.38. The molecule has 2 aromatic heterocycles. The molecule has 0 bridgehead atoms. The normalized spacial score (nSPS) is 19.0. The number of rotatable bonds is 6. The van der Waals surface area contributed by atoms with Crippen LogP contribution in [0.15, 0.2) is 41.5 Å². The molecule has 0 aliphatic carbocycles. The van der Waals surface area contributed by atoms with Gasteiger partial charge in [-0.05, 0) is 38.1 Å². The van der Waals surface area contributed by atoms with E-state index in [0.29, 0.717) is 62.1 Å². The predicted octanol–water partition coefficient (Wildman–Crippen LogP) is 2.36. The number of fused-ring (bicyclic) bond motifs is 2. The number of pyridine rings is 1. The number of piperidine rings is 1. The van der Waals surface area contributed by atoms with E-state index in [0.717, 1.165) is 42.5 Å². The summed E-state index contributed by atoms with van der Waals surface area (Å²) in [7, 11) is 3.48. The summed E-state index contributed by atoms with van der Waals surface area (Å²) in [6.45, 7) is 5.06. The van der Waals surface area contributed by atoms with Crippen LogP contribution in [0.3, 0.4) is 0 Å². The maximum Gasteiger partial charge on any atom is 0.343 e. The molecule has 1 atom stereocenters. The van der Waals surface area contributed by atoms with Gasteiger partial charge in [-0.3, -0.25) is 19.7 Å². The summed E-state index contributed by atoms with van der Waals surface area (Å²) < 4.78 is 13.0. The zero-order valence-electron chi connectivity index (χ0n) is 21.0. The van der Waals surface area contributed by atoms with Crippen molar-refractivity contribution in [1.29, 1.82) is 0 Å². The smallest absolute Gasteiger partial charge is 0.343 e. The van der Waals surface area contributed by atoms with E-state index in [2.05, 4.69) is 32.9 Å². The Morgan fingerprint density at radius 2 is 2.00 bits per heavy atom. The molecule has 2 aliphatic rings. The van der Waals surface area contributed by atoms with Crippen molar-refractivity contribution in [1.82, 2.24) is 24.3 Å². The Hall–Kier alpha value is -3.30. The molecule has 0 radical (unpaired) electrons. The maximum absolute atomic E-state index is 13.1. The molecule has 9 nitrogen and oxygen atoms in total. The maximum atomic E-state index is 13.1. The molecule has 0 N–H and O–H groups in total. The number of benzene rings is 1. The lowest BCUT2D eigenvalue weighted by molar-refractivity contribution is 0.0590. The number of methoxy groups -OCH3 is 1. The Morgan fingerprint density at radius 1 is 1.14 bits per heavy atom. The van der Waals surface area contributed by atoms with Crippen LogP contribution < -0.4 is 10.3 Å². The Kier molecular flexibility index (Phi) is 7.29. The van der Waals surface area contributed by atoms with Crippen LogP contribution in [0.1, 0.15) is 34.5 Å². The molecule has 0 saturated carbocycles. The Bertz CT molecular complexity index is 1300. The topological polar surface area (TPSA) is 89.8 Å². The fraction of sp³-hybridized carbons (Fsp3) is 0.481. The van der Waals surface area contributed by atoms with Gasteiger partial charge in [0.25, 0.3) is 5.56 Å². The molecule has 4 heterocycles. The van der Waals surface area contributed by atoms with Crippen molar-refractivity contribution in [2.24, 2.45) is 5.92 Å². The molecule has 1 saturated heterocycles. The van der Waals surface area contributed by atoms with Crippen LogP contribution >= 0.6 is 0 Å². The van der Waals surface area contributed by atoms with Crippen LogP contribution in [-0.2, 0) is 24.2 Å². The third-order valence-electron chi connectivity index (χ3n) is 7.25. The number of hydrogen-bond acceptors (Lipinski definition) is 8. The lowest BCUT2D eigenvalue weighted by Gasteiger charge is -2.29. The van der Waals surface area contributed by atoms with Gasteiger partial charge in [0.2, 0.25) is 0 Å². The average molecular weight is 492 g/mol. The fourth-order valence-electron chi connectivity index (χ4n) is 5.43. The van der Waals surface area contributed by atoms with Gasteiger partial charge in [-0.15, -0.1) is 0 Å². The van der Waals surface area contributed by atoms with Crippen molar-refractivity contribution in [3.8, 4) is 5.75 Å². The van der Waals surface area contributed by atoms with Crippen molar-refractivity contribution >= 4 is 17.0 Å². The number of esters is 1. The third kappa shape index (κ3) is 5.12. The van der Waals surface area contributed by atoms with Gasteiger partial charge in [-0.2, -0.15) is 0 Å². The summed E-state index contributed by atoms with van der Waals surface area (Å²) in [5, 5.41) is 0. The van der Waals surface area contributed by atoms with E-state index in [4.69, 9.17) is 9.47 Å². The van der Waals surface area contributed by atoms with E-state index in [-0.39, 0.29) is 5.56 Å². The van der Waals surface area contributed by atoms with Gasteiger partial charge < -0.3 is 18.9 Å². The lowest BCUT2D eigenvalue weighted by atomic mass is 9.99.